The molecule has 7 N–H and O–H groups in total. The van der Waals surface area contributed by atoms with Crippen LogP contribution in [-0.4, -0.2) is 96.9 Å². The molecule has 0 saturated carbocycles. The molecule has 1 aliphatic heterocycles. The minimum Gasteiger partial charge on any atom is -0.462 e. The van der Waals surface area contributed by atoms with E-state index in [1.54, 1.807) is 12.2 Å². The van der Waals surface area contributed by atoms with Gasteiger partial charge in [-0.2, -0.15) is 9.29 Å². The first kappa shape index (κ1) is 65.0. The summed E-state index contributed by atoms with van der Waals surface area (Å²) < 4.78 is 56.7. The molecule has 0 amide bonds. The lowest BCUT2D eigenvalue weighted by Crippen LogP contribution is -2.36. The zero-order valence-corrected chi connectivity index (χ0v) is 44.6. The van der Waals surface area contributed by atoms with E-state index < -0.39 is 89.8 Å². The Morgan fingerprint density at radius 2 is 1.29 bits per heavy atom. The molecule has 0 bridgehead atoms. The molecule has 21 heteroatoms. The SMILES string of the molecule is CCCCC/C=C\C/C=C\C/C=C\CCCCCCC(=O)O[C@H](COC(=O)CCC/C=C\C/C=C\C=C\[C@H](O)C/C=C\CCCCC)COP(=O)(O)OP(=O)(O)OC[C@H]1O[C@@H](n2ccc(N)nc2=O)[C@H](O)[C@@H]1O. The number of allylic oxidation sites excluding steroid dienone is 12. The van der Waals surface area contributed by atoms with Crippen LogP contribution in [-0.2, 0) is 46.3 Å². The van der Waals surface area contributed by atoms with Crippen molar-refractivity contribution < 1.29 is 71.4 Å². The molecule has 19 nitrogen and oxygen atoms in total. The number of carbonyl (C=O) groups is 2. The average Bonchev–Trinajstić information content (AvgIpc) is 3.62. The molecule has 1 aromatic heterocycles. The van der Waals surface area contributed by atoms with E-state index in [4.69, 9.17) is 29.0 Å². The van der Waals surface area contributed by atoms with Crippen molar-refractivity contribution in [1.82, 2.24) is 9.55 Å². The number of hydrogen-bond donors (Lipinski definition) is 6. The predicted octanol–water partition coefficient (Wildman–Crippen LogP) is 9.64. The van der Waals surface area contributed by atoms with Crippen molar-refractivity contribution in [2.24, 2.45) is 0 Å². The number of nitrogen functional groups attached to an aromatic ring is 1. The molecule has 0 aliphatic carbocycles. The first-order valence-electron chi connectivity index (χ1n) is 25.7. The fraction of sp³-hybridized carbons (Fsp3) is 0.615. The van der Waals surface area contributed by atoms with Gasteiger partial charge in [0.2, 0.25) is 0 Å². The lowest BCUT2D eigenvalue weighted by atomic mass is 10.1. The molecule has 1 aromatic rings. The van der Waals surface area contributed by atoms with Crippen molar-refractivity contribution in [3.8, 4) is 0 Å². The van der Waals surface area contributed by atoms with Crippen LogP contribution in [0.3, 0.4) is 0 Å². The number of carbonyl (C=O) groups excluding carboxylic acids is 2. The van der Waals surface area contributed by atoms with E-state index in [-0.39, 0.29) is 18.7 Å². The Morgan fingerprint density at radius 3 is 1.93 bits per heavy atom. The third-order valence-electron chi connectivity index (χ3n) is 11.0. The van der Waals surface area contributed by atoms with E-state index >= 15 is 0 Å². The molecule has 412 valence electrons. The van der Waals surface area contributed by atoms with Gasteiger partial charge in [-0.3, -0.25) is 23.2 Å². The standard InChI is InChI=1S/C52H83N3O16P2/c1-3-5-7-9-11-12-13-14-15-16-17-18-19-20-25-29-33-37-48(58)69-44(40-66-47(57)36-32-28-24-22-21-23-27-31-35-43(56)34-30-26-10-8-6-4-2)41-67-72(62,63)71-73(64,65)68-42-45-49(59)50(60)51(70-45)55-39-38-46(53)54-52(55)61/h11-12,14-15,17-18,22-24,26-27,30-31,35,38-39,43-45,49-51,56,59-60H,3-10,13,16,19-21,25,28-29,32-34,36-37,40-42H2,1-2H3,(H,62,63)(H,64,65)(H2,53,54,61)/b12-11-,15-14-,18-17-,24-22-,27-23-,30-26-,35-31+/t43-,44-,45-,49-,50-,51-/m1/s1. The molecule has 2 unspecified atom stereocenters. The number of unbranched alkanes of at least 4 members (excludes halogenated alkanes) is 11. The summed E-state index contributed by atoms with van der Waals surface area (Å²) in [5.41, 5.74) is 4.57. The van der Waals surface area contributed by atoms with Gasteiger partial charge in [0.25, 0.3) is 0 Å². The largest absolute Gasteiger partial charge is 0.481 e. The fourth-order valence-corrected chi connectivity index (χ4v) is 9.09. The van der Waals surface area contributed by atoms with Crippen LogP contribution in [0.5, 0.6) is 0 Å². The molecule has 2 heterocycles. The maximum atomic E-state index is 12.9. The van der Waals surface area contributed by atoms with Crippen molar-refractivity contribution in [2.45, 2.75) is 185 Å². The Hall–Kier alpha value is -4.10. The lowest BCUT2D eigenvalue weighted by Gasteiger charge is -2.21. The second kappa shape index (κ2) is 39.3. The van der Waals surface area contributed by atoms with E-state index in [9.17, 15) is 48.6 Å². The third-order valence-corrected chi connectivity index (χ3v) is 13.6. The minimum atomic E-state index is -5.46. The van der Waals surface area contributed by atoms with Gasteiger partial charge in [0, 0.05) is 19.0 Å². The Labute approximate surface area is 431 Å². The molecule has 0 aromatic carbocycles. The maximum absolute atomic E-state index is 12.9. The summed E-state index contributed by atoms with van der Waals surface area (Å²) in [4.78, 5) is 61.9. The van der Waals surface area contributed by atoms with Crippen molar-refractivity contribution in [2.75, 3.05) is 25.6 Å². The van der Waals surface area contributed by atoms with Gasteiger partial charge in [0.1, 0.15) is 30.7 Å². The molecule has 0 spiro atoms. The van der Waals surface area contributed by atoms with Crippen LogP contribution >= 0.6 is 15.6 Å². The first-order valence-corrected chi connectivity index (χ1v) is 28.7. The summed E-state index contributed by atoms with van der Waals surface area (Å²) in [7, 11) is -10.9. The highest BCUT2D eigenvalue weighted by molar-refractivity contribution is 7.61. The van der Waals surface area contributed by atoms with E-state index in [1.807, 2.05) is 30.4 Å². The van der Waals surface area contributed by atoms with E-state index in [0.717, 1.165) is 68.6 Å². The topological polar surface area (TPSA) is 286 Å². The van der Waals surface area contributed by atoms with Gasteiger partial charge in [-0.25, -0.2) is 13.9 Å². The number of hydrogen-bond acceptors (Lipinski definition) is 16. The predicted molar refractivity (Wildman–Crippen MR) is 281 cm³/mol. The van der Waals surface area contributed by atoms with Crippen molar-refractivity contribution in [3.63, 3.8) is 0 Å². The summed E-state index contributed by atoms with van der Waals surface area (Å²) >= 11 is 0. The van der Waals surface area contributed by atoms with Crippen LogP contribution in [0.25, 0.3) is 0 Å². The molecule has 2 rings (SSSR count). The van der Waals surface area contributed by atoms with Crippen LogP contribution in [0, 0.1) is 0 Å². The highest BCUT2D eigenvalue weighted by atomic mass is 31.3. The molecule has 1 aliphatic rings. The molecule has 0 radical (unpaired) electrons. The van der Waals surface area contributed by atoms with Gasteiger partial charge in [-0.05, 0) is 89.5 Å². The van der Waals surface area contributed by atoms with E-state index in [1.165, 1.54) is 38.2 Å². The molecular weight excluding hydrogens is 985 g/mol. The number of aromatic nitrogens is 2. The summed E-state index contributed by atoms with van der Waals surface area (Å²) in [6, 6.07) is 1.24. The zero-order valence-electron chi connectivity index (χ0n) is 42.8. The summed E-state index contributed by atoms with van der Waals surface area (Å²) in [5.74, 6) is -1.44. The number of anilines is 1. The number of aliphatic hydroxyl groups excluding tert-OH is 3. The third kappa shape index (κ3) is 32.1. The van der Waals surface area contributed by atoms with E-state index in [0.29, 0.717) is 32.1 Å². The molecule has 73 heavy (non-hydrogen) atoms. The summed E-state index contributed by atoms with van der Waals surface area (Å²) in [5, 5.41) is 31.0. The average molecular weight is 1070 g/mol. The number of rotatable bonds is 41. The Balaban J connectivity index is 1.86. The fourth-order valence-electron chi connectivity index (χ4n) is 6.98. The van der Waals surface area contributed by atoms with Crippen molar-refractivity contribution >= 4 is 33.4 Å². The number of nitrogens with two attached hydrogens (primary N) is 1. The van der Waals surface area contributed by atoms with Crippen molar-refractivity contribution in [1.29, 1.82) is 0 Å². The van der Waals surface area contributed by atoms with Crippen LogP contribution in [0.1, 0.15) is 155 Å². The summed E-state index contributed by atoms with van der Waals surface area (Å²) in [6.45, 7) is 1.93. The van der Waals surface area contributed by atoms with Gasteiger partial charge in [0.05, 0.1) is 19.3 Å². The molecule has 1 saturated heterocycles. The Bertz CT molecular complexity index is 2070. The van der Waals surface area contributed by atoms with E-state index in [2.05, 4.69) is 65.7 Å². The lowest BCUT2D eigenvalue weighted by molar-refractivity contribution is -0.161. The normalized spacial score (nSPS) is 20.1. The smallest absolute Gasteiger partial charge is 0.462 e. The van der Waals surface area contributed by atoms with Crippen LogP contribution in [0.2, 0.25) is 0 Å². The first-order chi connectivity index (χ1) is 35.1. The monoisotopic (exact) mass is 1070 g/mol. The minimum absolute atomic E-state index is 0.00413. The number of phosphoric ester groups is 2. The number of phosphoric acid groups is 2. The van der Waals surface area contributed by atoms with Crippen LogP contribution in [0.4, 0.5) is 5.82 Å². The van der Waals surface area contributed by atoms with Gasteiger partial charge in [-0.15, -0.1) is 0 Å². The highest BCUT2D eigenvalue weighted by Crippen LogP contribution is 2.60. The number of ether oxygens (including phenoxy) is 3. The van der Waals surface area contributed by atoms with Crippen LogP contribution < -0.4 is 11.4 Å². The second-order valence-corrected chi connectivity index (χ2v) is 20.6. The summed E-state index contributed by atoms with van der Waals surface area (Å²) in [6.07, 6.45) is 38.3. The van der Waals surface area contributed by atoms with Gasteiger partial charge >= 0.3 is 33.3 Å². The second-order valence-electron chi connectivity index (χ2n) is 17.5. The number of esters is 2. The Morgan fingerprint density at radius 1 is 0.726 bits per heavy atom. The number of nitrogens with zero attached hydrogens (tertiary/aromatic N) is 2. The Kier molecular flexibility index (Phi) is 35.0. The molecular formula is C52H83N3O16P2. The number of aliphatic hydroxyl groups is 3. The van der Waals surface area contributed by atoms with Gasteiger partial charge < -0.3 is 45.1 Å². The quantitative estimate of drug-likeness (QED) is 0.0117. The van der Waals surface area contributed by atoms with Gasteiger partial charge in [-0.1, -0.05) is 137 Å². The van der Waals surface area contributed by atoms with Crippen molar-refractivity contribution in [3.05, 3.63) is 108 Å². The zero-order chi connectivity index (χ0) is 53.6. The molecule has 1 fully saturated rings. The highest BCUT2D eigenvalue weighted by Gasteiger charge is 2.46. The van der Waals surface area contributed by atoms with Gasteiger partial charge in [0.15, 0.2) is 12.3 Å². The van der Waals surface area contributed by atoms with Crippen LogP contribution in [0.15, 0.2) is 102 Å². The maximum Gasteiger partial charge on any atom is 0.481 e. The molecule has 8 atom stereocenters.